The quantitative estimate of drug-likeness (QED) is 0.280. The molecule has 154 valence electrons. The maximum absolute atomic E-state index is 12.0. The van der Waals surface area contributed by atoms with E-state index in [4.69, 9.17) is 4.74 Å². The van der Waals surface area contributed by atoms with Crippen LogP contribution in [0.4, 0.5) is 0 Å². The molecular formula is C24H40O3. The fourth-order valence-corrected chi connectivity index (χ4v) is 3.43. The predicted molar refractivity (Wildman–Crippen MR) is 113 cm³/mol. The third kappa shape index (κ3) is 9.83. The molecule has 27 heavy (non-hydrogen) atoms. The van der Waals surface area contributed by atoms with Crippen LogP contribution in [-0.2, 0) is 28.8 Å². The number of aryl methyl sites for hydroxylation is 3. The summed E-state index contributed by atoms with van der Waals surface area (Å²) in [6.45, 7) is 6.87. The first-order valence-corrected chi connectivity index (χ1v) is 11.1. The van der Waals surface area contributed by atoms with Crippen LogP contribution >= 0.6 is 0 Å². The first kappa shape index (κ1) is 23.5. The first-order valence-electron chi connectivity index (χ1n) is 11.1. The molecule has 0 aliphatic rings. The molecule has 0 aliphatic carbocycles. The van der Waals surface area contributed by atoms with Crippen molar-refractivity contribution in [2.75, 3.05) is 6.61 Å². The zero-order chi connectivity index (χ0) is 19.9. The Kier molecular flexibility index (Phi) is 12.7. The summed E-state index contributed by atoms with van der Waals surface area (Å²) in [6.07, 6.45) is 14.1. The Balaban J connectivity index is 2.16. The zero-order valence-electron chi connectivity index (χ0n) is 17.8. The maximum atomic E-state index is 12.0. The Bertz CT molecular complexity index is 511. The average Bonchev–Trinajstić information content (AvgIpc) is 2.68. The van der Waals surface area contributed by atoms with E-state index in [9.17, 15) is 9.90 Å². The molecule has 1 aromatic carbocycles. The van der Waals surface area contributed by atoms with E-state index in [1.54, 1.807) is 0 Å². The maximum Gasteiger partial charge on any atom is 0.306 e. The molecule has 3 nitrogen and oxygen atoms in total. The summed E-state index contributed by atoms with van der Waals surface area (Å²) in [4.78, 5) is 12.0. The third-order valence-corrected chi connectivity index (χ3v) is 5.22. The lowest BCUT2D eigenvalue weighted by molar-refractivity contribution is -0.143. The van der Waals surface area contributed by atoms with Crippen LogP contribution in [0.1, 0.15) is 102 Å². The van der Waals surface area contributed by atoms with Gasteiger partial charge in [0.1, 0.15) is 5.75 Å². The molecule has 0 aliphatic heterocycles. The van der Waals surface area contributed by atoms with Crippen molar-refractivity contribution in [2.45, 2.75) is 104 Å². The summed E-state index contributed by atoms with van der Waals surface area (Å²) < 4.78 is 5.37. The Morgan fingerprint density at radius 1 is 0.852 bits per heavy atom. The van der Waals surface area contributed by atoms with Crippen LogP contribution in [0.3, 0.4) is 0 Å². The normalized spacial score (nSPS) is 10.9. The number of hydrogen-bond donors (Lipinski definition) is 1. The highest BCUT2D eigenvalue weighted by atomic mass is 16.5. The molecule has 0 saturated carbocycles. The van der Waals surface area contributed by atoms with Crippen molar-refractivity contribution in [3.8, 4) is 5.75 Å². The molecule has 1 aromatic rings. The average molecular weight is 377 g/mol. The zero-order valence-corrected chi connectivity index (χ0v) is 17.8. The van der Waals surface area contributed by atoms with Gasteiger partial charge >= 0.3 is 5.97 Å². The molecule has 0 aromatic heterocycles. The van der Waals surface area contributed by atoms with Gasteiger partial charge in [-0.05, 0) is 42.4 Å². The van der Waals surface area contributed by atoms with Gasteiger partial charge in [-0.25, -0.2) is 0 Å². The minimum atomic E-state index is -0.112. The molecule has 0 bridgehead atoms. The Hall–Kier alpha value is -1.51. The Morgan fingerprint density at radius 3 is 1.89 bits per heavy atom. The second kappa shape index (κ2) is 14.5. The van der Waals surface area contributed by atoms with Gasteiger partial charge in [0.05, 0.1) is 6.61 Å². The lowest BCUT2D eigenvalue weighted by atomic mass is 9.98. The standard InChI is InChI=1S/C24H40O3/c1-4-7-8-9-10-11-12-13-14-17-27-23(25)16-15-20-18-21(5-2)24(26)22(6-3)19-20/h18-19,26H,4-17H2,1-3H3. The Labute approximate surface area is 166 Å². The molecule has 0 unspecified atom stereocenters. The number of benzene rings is 1. The summed E-state index contributed by atoms with van der Waals surface area (Å²) in [5, 5.41) is 10.2. The number of carbonyl (C=O) groups excluding carboxylic acids is 1. The van der Waals surface area contributed by atoms with Gasteiger partial charge in [0, 0.05) is 6.42 Å². The van der Waals surface area contributed by atoms with E-state index in [1.807, 2.05) is 26.0 Å². The summed E-state index contributed by atoms with van der Waals surface area (Å²) in [5.41, 5.74) is 3.04. The van der Waals surface area contributed by atoms with Crippen LogP contribution in [-0.4, -0.2) is 17.7 Å². The summed E-state index contributed by atoms with van der Waals surface area (Å²) >= 11 is 0. The van der Waals surface area contributed by atoms with E-state index >= 15 is 0 Å². The predicted octanol–water partition coefficient (Wildman–Crippen LogP) is 6.52. The monoisotopic (exact) mass is 376 g/mol. The smallest absolute Gasteiger partial charge is 0.306 e. The van der Waals surface area contributed by atoms with E-state index in [-0.39, 0.29) is 5.97 Å². The number of rotatable bonds is 15. The van der Waals surface area contributed by atoms with Crippen molar-refractivity contribution in [2.24, 2.45) is 0 Å². The van der Waals surface area contributed by atoms with Crippen molar-refractivity contribution in [1.29, 1.82) is 0 Å². The van der Waals surface area contributed by atoms with Gasteiger partial charge in [0.2, 0.25) is 0 Å². The van der Waals surface area contributed by atoms with Gasteiger partial charge in [0.25, 0.3) is 0 Å². The van der Waals surface area contributed by atoms with Crippen LogP contribution in [0.2, 0.25) is 0 Å². The van der Waals surface area contributed by atoms with Gasteiger partial charge in [-0.2, -0.15) is 0 Å². The molecule has 0 saturated heterocycles. The fraction of sp³-hybridized carbons (Fsp3) is 0.708. The second-order valence-corrected chi connectivity index (χ2v) is 7.52. The van der Waals surface area contributed by atoms with Crippen LogP contribution in [0.25, 0.3) is 0 Å². The van der Waals surface area contributed by atoms with Gasteiger partial charge in [-0.3, -0.25) is 4.79 Å². The number of phenolic OH excluding ortho intramolecular Hbond substituents is 1. The minimum Gasteiger partial charge on any atom is -0.507 e. The largest absolute Gasteiger partial charge is 0.507 e. The van der Waals surface area contributed by atoms with Crippen molar-refractivity contribution in [1.82, 2.24) is 0 Å². The number of esters is 1. The van der Waals surface area contributed by atoms with Crippen molar-refractivity contribution in [3.05, 3.63) is 28.8 Å². The summed E-state index contributed by atoms with van der Waals surface area (Å²) in [7, 11) is 0. The number of hydrogen-bond acceptors (Lipinski definition) is 3. The number of unbranched alkanes of at least 4 members (excludes halogenated alkanes) is 8. The lowest BCUT2D eigenvalue weighted by Crippen LogP contribution is -2.07. The fourth-order valence-electron chi connectivity index (χ4n) is 3.43. The molecule has 3 heteroatoms. The van der Waals surface area contributed by atoms with E-state index in [0.29, 0.717) is 25.2 Å². The van der Waals surface area contributed by atoms with Crippen LogP contribution in [0.5, 0.6) is 5.75 Å². The number of ether oxygens (including phenoxy) is 1. The summed E-state index contributed by atoms with van der Waals surface area (Å²) in [6, 6.07) is 4.03. The highest BCUT2D eigenvalue weighted by Gasteiger charge is 2.10. The molecule has 1 N–H and O–H groups in total. The topological polar surface area (TPSA) is 46.5 Å². The van der Waals surface area contributed by atoms with E-state index in [2.05, 4.69) is 6.92 Å². The number of carbonyl (C=O) groups is 1. The molecular weight excluding hydrogens is 336 g/mol. The molecule has 0 heterocycles. The molecule has 1 rings (SSSR count). The number of phenols is 1. The van der Waals surface area contributed by atoms with Crippen molar-refractivity contribution >= 4 is 5.97 Å². The highest BCUT2D eigenvalue weighted by Crippen LogP contribution is 2.26. The van der Waals surface area contributed by atoms with Gasteiger partial charge in [-0.1, -0.05) is 84.3 Å². The summed E-state index contributed by atoms with van der Waals surface area (Å²) in [5.74, 6) is 0.301. The van der Waals surface area contributed by atoms with Gasteiger partial charge < -0.3 is 9.84 Å². The van der Waals surface area contributed by atoms with Crippen molar-refractivity contribution in [3.63, 3.8) is 0 Å². The molecule has 0 spiro atoms. The van der Waals surface area contributed by atoms with Gasteiger partial charge in [-0.15, -0.1) is 0 Å². The third-order valence-electron chi connectivity index (χ3n) is 5.22. The second-order valence-electron chi connectivity index (χ2n) is 7.52. The van der Waals surface area contributed by atoms with Crippen LogP contribution in [0, 0.1) is 0 Å². The highest BCUT2D eigenvalue weighted by molar-refractivity contribution is 5.69. The van der Waals surface area contributed by atoms with Gasteiger partial charge in [0.15, 0.2) is 0 Å². The molecule has 0 atom stereocenters. The van der Waals surface area contributed by atoms with Crippen molar-refractivity contribution < 1.29 is 14.6 Å². The lowest BCUT2D eigenvalue weighted by Gasteiger charge is -2.11. The molecule has 0 amide bonds. The van der Waals surface area contributed by atoms with E-state index in [0.717, 1.165) is 42.4 Å². The Morgan fingerprint density at radius 2 is 1.37 bits per heavy atom. The number of aromatic hydroxyl groups is 1. The molecule has 0 radical (unpaired) electrons. The molecule has 0 fully saturated rings. The van der Waals surface area contributed by atoms with E-state index < -0.39 is 0 Å². The minimum absolute atomic E-state index is 0.112. The van der Waals surface area contributed by atoms with E-state index in [1.165, 1.54) is 44.9 Å². The van der Waals surface area contributed by atoms with Crippen LogP contribution in [0.15, 0.2) is 12.1 Å². The SMILES string of the molecule is CCCCCCCCCCCOC(=O)CCc1cc(CC)c(O)c(CC)c1. The first-order chi connectivity index (χ1) is 13.1. The van der Waals surface area contributed by atoms with Crippen LogP contribution < -0.4 is 0 Å².